The van der Waals surface area contributed by atoms with Gasteiger partial charge in [-0.25, -0.2) is 0 Å². The Morgan fingerprint density at radius 2 is 1.11 bits per heavy atom. The van der Waals surface area contributed by atoms with E-state index in [9.17, 15) is 0 Å². The Hall–Kier alpha value is -0.860. The third kappa shape index (κ3) is 2.19. The minimum Gasteiger partial charge on any atom is -0.0877 e. The van der Waals surface area contributed by atoms with E-state index >= 15 is 0 Å². The van der Waals surface area contributed by atoms with Crippen molar-refractivity contribution in [3.8, 4) is 0 Å². The summed E-state index contributed by atoms with van der Waals surface area (Å²) in [7, 11) is 0. The molecule has 18 heavy (non-hydrogen) atoms. The topological polar surface area (TPSA) is 0 Å². The van der Waals surface area contributed by atoms with Gasteiger partial charge in [-0.1, -0.05) is 49.5 Å². The van der Waals surface area contributed by atoms with Gasteiger partial charge in [-0.05, 0) is 48.2 Å². The van der Waals surface area contributed by atoms with Gasteiger partial charge in [0.15, 0.2) is 0 Å². The van der Waals surface area contributed by atoms with Gasteiger partial charge in [0.05, 0.1) is 0 Å². The molecule has 0 unspecified atom stereocenters. The summed E-state index contributed by atoms with van der Waals surface area (Å²) < 4.78 is 0. The van der Waals surface area contributed by atoms with E-state index < -0.39 is 0 Å². The van der Waals surface area contributed by atoms with Gasteiger partial charge >= 0.3 is 0 Å². The van der Waals surface area contributed by atoms with Gasteiger partial charge in [0.25, 0.3) is 0 Å². The maximum absolute atomic E-state index is 2.34. The minimum absolute atomic E-state index is 1.11. The lowest BCUT2D eigenvalue weighted by atomic mass is 10.2. The molecule has 0 nitrogen and oxygen atoms in total. The maximum atomic E-state index is 2.34. The molecule has 0 atom stereocenters. The fourth-order valence-electron chi connectivity index (χ4n) is 2.11. The average Bonchev–Trinajstić information content (AvgIpc) is 2.43. The van der Waals surface area contributed by atoms with Crippen LogP contribution in [0.2, 0.25) is 0 Å². The summed E-state index contributed by atoms with van der Waals surface area (Å²) in [5.74, 6) is 0. The van der Waals surface area contributed by atoms with E-state index in [0.717, 1.165) is 12.8 Å². The first-order chi connectivity index (χ1) is 8.80. The first-order valence-corrected chi connectivity index (χ1v) is 8.05. The molecule has 3 rings (SSSR count). The summed E-state index contributed by atoms with van der Waals surface area (Å²) in [6.45, 7) is 4.42. The number of aryl methyl sites for hydroxylation is 2. The molecule has 0 bridgehead atoms. The van der Waals surface area contributed by atoms with Crippen LogP contribution in [0.15, 0.2) is 56.0 Å². The summed E-state index contributed by atoms with van der Waals surface area (Å²) in [5.41, 5.74) is 2.85. The van der Waals surface area contributed by atoms with Crippen LogP contribution in [0.3, 0.4) is 0 Å². The van der Waals surface area contributed by atoms with Crippen molar-refractivity contribution >= 4 is 23.5 Å². The lowest BCUT2D eigenvalue weighted by Gasteiger charge is -2.19. The SMILES string of the molecule is CCc1ccc2c(c1)Sc1ccc(CC)cc1S2. The zero-order valence-corrected chi connectivity index (χ0v) is 12.3. The van der Waals surface area contributed by atoms with Gasteiger partial charge in [-0.2, -0.15) is 0 Å². The third-order valence-electron chi connectivity index (χ3n) is 3.27. The number of rotatable bonds is 2. The van der Waals surface area contributed by atoms with E-state index in [2.05, 4.69) is 50.2 Å². The van der Waals surface area contributed by atoms with Crippen molar-refractivity contribution in [2.45, 2.75) is 46.3 Å². The van der Waals surface area contributed by atoms with Crippen molar-refractivity contribution in [2.75, 3.05) is 0 Å². The second kappa shape index (κ2) is 5.02. The molecular formula is C16H16S2. The Morgan fingerprint density at radius 3 is 1.50 bits per heavy atom. The molecular weight excluding hydrogens is 256 g/mol. The molecule has 0 saturated heterocycles. The molecule has 2 aromatic rings. The molecule has 1 aliphatic rings. The predicted octanol–water partition coefficient (Wildman–Crippen LogP) is 5.43. The Kier molecular flexibility index (Phi) is 3.40. The highest BCUT2D eigenvalue weighted by Crippen LogP contribution is 2.48. The van der Waals surface area contributed by atoms with Crippen LogP contribution in [0, 0.1) is 0 Å². The molecule has 2 aromatic carbocycles. The van der Waals surface area contributed by atoms with Crippen molar-refractivity contribution in [3.05, 3.63) is 47.5 Å². The highest BCUT2D eigenvalue weighted by molar-refractivity contribution is 8.05. The molecule has 0 N–H and O–H groups in total. The van der Waals surface area contributed by atoms with Crippen LogP contribution >= 0.6 is 23.5 Å². The molecule has 0 aromatic heterocycles. The molecule has 0 spiro atoms. The molecule has 0 amide bonds. The predicted molar refractivity (Wildman–Crippen MR) is 79.9 cm³/mol. The van der Waals surface area contributed by atoms with E-state index in [1.807, 2.05) is 23.5 Å². The number of fused-ring (bicyclic) bond motifs is 2. The van der Waals surface area contributed by atoms with Crippen molar-refractivity contribution in [1.29, 1.82) is 0 Å². The molecule has 2 heteroatoms. The van der Waals surface area contributed by atoms with Gasteiger partial charge in [0, 0.05) is 19.6 Å². The van der Waals surface area contributed by atoms with Crippen LogP contribution < -0.4 is 0 Å². The molecule has 0 radical (unpaired) electrons. The first-order valence-electron chi connectivity index (χ1n) is 6.41. The summed E-state index contributed by atoms with van der Waals surface area (Å²) in [4.78, 5) is 5.63. The Labute approximate surface area is 117 Å². The maximum Gasteiger partial charge on any atom is 0.0265 e. The lowest BCUT2D eigenvalue weighted by molar-refractivity contribution is 1.06. The quantitative estimate of drug-likeness (QED) is 0.610. The van der Waals surface area contributed by atoms with E-state index in [4.69, 9.17) is 0 Å². The number of hydrogen-bond acceptors (Lipinski definition) is 2. The standard InChI is InChI=1S/C16H16S2/c1-3-11-5-7-13-15(9-11)17-14-8-6-12(4-2)10-16(14)18-13/h5-10H,3-4H2,1-2H3. The second-order valence-electron chi connectivity index (χ2n) is 4.47. The Morgan fingerprint density at radius 1 is 0.667 bits per heavy atom. The van der Waals surface area contributed by atoms with E-state index in [0.29, 0.717) is 0 Å². The second-order valence-corrected chi connectivity index (χ2v) is 6.64. The van der Waals surface area contributed by atoms with E-state index in [-0.39, 0.29) is 0 Å². The normalized spacial score (nSPS) is 13.0. The van der Waals surface area contributed by atoms with Crippen LogP contribution in [-0.2, 0) is 12.8 Å². The van der Waals surface area contributed by atoms with Crippen LogP contribution in [0.25, 0.3) is 0 Å². The fraction of sp³-hybridized carbons (Fsp3) is 0.250. The highest BCUT2D eigenvalue weighted by Gasteiger charge is 2.17. The number of hydrogen-bond donors (Lipinski definition) is 0. The lowest BCUT2D eigenvalue weighted by Crippen LogP contribution is -1.92. The third-order valence-corrected chi connectivity index (χ3v) is 5.80. The van der Waals surface area contributed by atoms with Crippen LogP contribution in [0.1, 0.15) is 25.0 Å². The molecule has 0 fully saturated rings. The molecule has 0 aliphatic carbocycles. The van der Waals surface area contributed by atoms with Gasteiger partial charge < -0.3 is 0 Å². The highest BCUT2D eigenvalue weighted by atomic mass is 32.2. The van der Waals surface area contributed by atoms with Crippen molar-refractivity contribution in [3.63, 3.8) is 0 Å². The van der Waals surface area contributed by atoms with Gasteiger partial charge in [0.2, 0.25) is 0 Å². The minimum atomic E-state index is 1.11. The zero-order chi connectivity index (χ0) is 12.5. The Balaban J connectivity index is 2.00. The molecule has 1 heterocycles. The van der Waals surface area contributed by atoms with Crippen molar-refractivity contribution < 1.29 is 0 Å². The molecule has 1 aliphatic heterocycles. The summed E-state index contributed by atoms with van der Waals surface area (Å²) >= 11 is 3.82. The Bertz CT molecular complexity index is 534. The van der Waals surface area contributed by atoms with Crippen molar-refractivity contribution in [1.82, 2.24) is 0 Å². The largest absolute Gasteiger partial charge is 0.0877 e. The molecule has 0 saturated carbocycles. The van der Waals surface area contributed by atoms with Crippen LogP contribution in [0.5, 0.6) is 0 Å². The fourth-order valence-corrected chi connectivity index (χ4v) is 4.43. The van der Waals surface area contributed by atoms with Crippen molar-refractivity contribution in [2.24, 2.45) is 0 Å². The van der Waals surface area contributed by atoms with Gasteiger partial charge in [0.1, 0.15) is 0 Å². The zero-order valence-electron chi connectivity index (χ0n) is 10.7. The summed E-state index contributed by atoms with van der Waals surface area (Å²) in [6.07, 6.45) is 2.22. The number of benzene rings is 2. The average molecular weight is 272 g/mol. The van der Waals surface area contributed by atoms with Gasteiger partial charge in [-0.3, -0.25) is 0 Å². The first kappa shape index (κ1) is 12.2. The van der Waals surface area contributed by atoms with Crippen LogP contribution in [-0.4, -0.2) is 0 Å². The summed E-state index contributed by atoms with van der Waals surface area (Å²) in [6, 6.07) is 13.7. The van der Waals surface area contributed by atoms with Crippen LogP contribution in [0.4, 0.5) is 0 Å². The smallest absolute Gasteiger partial charge is 0.0265 e. The summed E-state index contributed by atoms with van der Waals surface area (Å²) in [5, 5.41) is 0. The molecule has 92 valence electrons. The van der Waals surface area contributed by atoms with Gasteiger partial charge in [-0.15, -0.1) is 0 Å². The van der Waals surface area contributed by atoms with E-state index in [1.54, 1.807) is 0 Å². The van der Waals surface area contributed by atoms with E-state index in [1.165, 1.54) is 30.7 Å². The monoisotopic (exact) mass is 272 g/mol.